The normalized spacial score (nSPS) is 16.0. The van der Waals surface area contributed by atoms with Gasteiger partial charge in [-0.15, -0.1) is 0 Å². The number of carbonyl (C=O) groups is 3. The Morgan fingerprint density at radius 3 is 2.27 bits per heavy atom. The van der Waals surface area contributed by atoms with Crippen molar-refractivity contribution >= 4 is 23.5 Å². The highest BCUT2D eigenvalue weighted by Crippen LogP contribution is 2.24. The molecule has 1 saturated carbocycles. The van der Waals surface area contributed by atoms with Gasteiger partial charge in [-0.2, -0.15) is 0 Å². The van der Waals surface area contributed by atoms with Crippen LogP contribution in [0.4, 0.5) is 5.69 Å². The van der Waals surface area contributed by atoms with Crippen LogP contribution >= 0.6 is 0 Å². The molecule has 0 bridgehead atoms. The number of amides is 2. The van der Waals surface area contributed by atoms with E-state index < -0.39 is 12.0 Å². The van der Waals surface area contributed by atoms with Gasteiger partial charge in [0.05, 0.1) is 5.56 Å². The smallest absolute Gasteiger partial charge is 0.335 e. The van der Waals surface area contributed by atoms with E-state index in [-0.39, 0.29) is 23.3 Å². The minimum atomic E-state index is -1.02. The maximum atomic E-state index is 12.0. The van der Waals surface area contributed by atoms with Crippen molar-refractivity contribution in [3.63, 3.8) is 0 Å². The number of carboxylic acids is 1. The SMILES string of the molecule is CC(NC(=O)C1CCCC1)C(=O)Nc1ccc(C(=O)O)cc1. The fourth-order valence-electron chi connectivity index (χ4n) is 2.53. The van der Waals surface area contributed by atoms with Gasteiger partial charge >= 0.3 is 5.97 Å². The van der Waals surface area contributed by atoms with Gasteiger partial charge in [-0.3, -0.25) is 9.59 Å². The lowest BCUT2D eigenvalue weighted by Gasteiger charge is -2.16. The average molecular weight is 304 g/mol. The summed E-state index contributed by atoms with van der Waals surface area (Å²) in [6.07, 6.45) is 3.90. The Labute approximate surface area is 128 Å². The summed E-state index contributed by atoms with van der Waals surface area (Å²) < 4.78 is 0. The van der Waals surface area contributed by atoms with Crippen LogP contribution in [0.5, 0.6) is 0 Å². The number of hydrogen-bond donors (Lipinski definition) is 3. The average Bonchev–Trinajstić information content (AvgIpc) is 3.02. The van der Waals surface area contributed by atoms with E-state index in [4.69, 9.17) is 5.11 Å². The number of carbonyl (C=O) groups excluding carboxylic acids is 2. The van der Waals surface area contributed by atoms with Crippen molar-refractivity contribution in [2.75, 3.05) is 5.32 Å². The maximum absolute atomic E-state index is 12.0. The third kappa shape index (κ3) is 4.07. The molecule has 3 N–H and O–H groups in total. The van der Waals surface area contributed by atoms with Gasteiger partial charge in [-0.25, -0.2) is 4.79 Å². The molecular weight excluding hydrogens is 284 g/mol. The first-order chi connectivity index (χ1) is 10.5. The van der Waals surface area contributed by atoms with E-state index in [0.29, 0.717) is 5.69 Å². The fraction of sp³-hybridized carbons (Fsp3) is 0.438. The molecule has 2 rings (SSSR count). The molecule has 118 valence electrons. The zero-order valence-electron chi connectivity index (χ0n) is 12.5. The van der Waals surface area contributed by atoms with Gasteiger partial charge in [-0.1, -0.05) is 12.8 Å². The Morgan fingerprint density at radius 2 is 1.73 bits per heavy atom. The number of hydrogen-bond acceptors (Lipinski definition) is 3. The summed E-state index contributed by atoms with van der Waals surface area (Å²) in [4.78, 5) is 34.8. The quantitative estimate of drug-likeness (QED) is 0.775. The molecule has 1 aromatic rings. The third-order valence-corrected chi connectivity index (χ3v) is 3.88. The Morgan fingerprint density at radius 1 is 1.14 bits per heavy atom. The minimum absolute atomic E-state index is 0.0186. The van der Waals surface area contributed by atoms with Crippen molar-refractivity contribution in [1.29, 1.82) is 0 Å². The van der Waals surface area contributed by atoms with Gasteiger partial charge < -0.3 is 15.7 Å². The van der Waals surface area contributed by atoms with Crippen LogP contribution < -0.4 is 10.6 Å². The van der Waals surface area contributed by atoms with Gasteiger partial charge in [0.15, 0.2) is 0 Å². The standard InChI is InChI=1S/C16H20N2O4/c1-10(17-15(20)11-4-2-3-5-11)14(19)18-13-8-6-12(7-9-13)16(21)22/h6-11H,2-5H2,1H3,(H,17,20)(H,18,19)(H,21,22). The van der Waals surface area contributed by atoms with E-state index in [9.17, 15) is 14.4 Å². The second-order valence-corrected chi connectivity index (χ2v) is 5.58. The zero-order chi connectivity index (χ0) is 16.1. The van der Waals surface area contributed by atoms with Crippen molar-refractivity contribution in [3.8, 4) is 0 Å². The van der Waals surface area contributed by atoms with E-state index in [1.165, 1.54) is 24.3 Å². The summed E-state index contributed by atoms with van der Waals surface area (Å²) in [6.45, 7) is 1.63. The van der Waals surface area contributed by atoms with Crippen molar-refractivity contribution in [1.82, 2.24) is 5.32 Å². The van der Waals surface area contributed by atoms with Crippen LogP contribution in [0.1, 0.15) is 43.0 Å². The monoisotopic (exact) mass is 304 g/mol. The highest BCUT2D eigenvalue weighted by Gasteiger charge is 2.25. The zero-order valence-corrected chi connectivity index (χ0v) is 12.5. The number of nitrogens with one attached hydrogen (secondary N) is 2. The Bertz CT molecular complexity index is 562. The van der Waals surface area contributed by atoms with Gasteiger partial charge in [0, 0.05) is 11.6 Å². The molecule has 1 atom stereocenters. The molecule has 6 nitrogen and oxygen atoms in total. The molecule has 1 aromatic carbocycles. The summed E-state index contributed by atoms with van der Waals surface area (Å²) in [5, 5.41) is 14.2. The van der Waals surface area contributed by atoms with Gasteiger partial charge in [-0.05, 0) is 44.0 Å². The lowest BCUT2D eigenvalue weighted by atomic mass is 10.1. The maximum Gasteiger partial charge on any atom is 0.335 e. The lowest BCUT2D eigenvalue weighted by molar-refractivity contribution is -0.128. The topological polar surface area (TPSA) is 95.5 Å². The van der Waals surface area contributed by atoms with E-state index in [1.54, 1.807) is 6.92 Å². The van der Waals surface area contributed by atoms with Crippen LogP contribution in [-0.4, -0.2) is 28.9 Å². The predicted molar refractivity (Wildman–Crippen MR) is 81.6 cm³/mol. The highest BCUT2D eigenvalue weighted by molar-refractivity contribution is 5.97. The molecule has 0 saturated heterocycles. The highest BCUT2D eigenvalue weighted by atomic mass is 16.4. The van der Waals surface area contributed by atoms with Crippen LogP contribution in [0.15, 0.2) is 24.3 Å². The van der Waals surface area contributed by atoms with Crippen LogP contribution in [-0.2, 0) is 9.59 Å². The molecular formula is C16H20N2O4. The molecule has 1 unspecified atom stereocenters. The molecule has 1 aliphatic rings. The van der Waals surface area contributed by atoms with Gasteiger partial charge in [0.25, 0.3) is 0 Å². The van der Waals surface area contributed by atoms with Crippen LogP contribution in [0.3, 0.4) is 0 Å². The third-order valence-electron chi connectivity index (χ3n) is 3.88. The molecule has 22 heavy (non-hydrogen) atoms. The van der Waals surface area contributed by atoms with E-state index >= 15 is 0 Å². The molecule has 0 spiro atoms. The van der Waals surface area contributed by atoms with E-state index in [2.05, 4.69) is 10.6 Å². The van der Waals surface area contributed by atoms with Crippen molar-refractivity contribution in [2.45, 2.75) is 38.6 Å². The molecule has 0 aliphatic heterocycles. The van der Waals surface area contributed by atoms with Crippen LogP contribution in [0.25, 0.3) is 0 Å². The molecule has 1 aliphatic carbocycles. The summed E-state index contributed by atoms with van der Waals surface area (Å²) in [5.41, 5.74) is 0.651. The summed E-state index contributed by atoms with van der Waals surface area (Å²) in [6, 6.07) is 5.24. The Balaban J connectivity index is 1.87. The first-order valence-electron chi connectivity index (χ1n) is 7.42. The first kappa shape index (κ1) is 16.0. The summed E-state index contributed by atoms with van der Waals surface area (Å²) in [5.74, 6) is -1.39. The Kier molecular flexibility index (Phi) is 5.14. The minimum Gasteiger partial charge on any atom is -0.478 e. The fourth-order valence-corrected chi connectivity index (χ4v) is 2.53. The van der Waals surface area contributed by atoms with Crippen LogP contribution in [0.2, 0.25) is 0 Å². The van der Waals surface area contributed by atoms with Crippen molar-refractivity contribution < 1.29 is 19.5 Å². The van der Waals surface area contributed by atoms with Gasteiger partial charge in [0.1, 0.15) is 6.04 Å². The van der Waals surface area contributed by atoms with Crippen molar-refractivity contribution in [2.24, 2.45) is 5.92 Å². The number of aromatic carboxylic acids is 1. The van der Waals surface area contributed by atoms with E-state index in [1.807, 2.05) is 0 Å². The second kappa shape index (κ2) is 7.06. The Hall–Kier alpha value is -2.37. The molecule has 1 fully saturated rings. The molecule has 0 heterocycles. The molecule has 0 aromatic heterocycles. The number of rotatable bonds is 5. The number of carboxylic acid groups (broad SMARTS) is 1. The lowest BCUT2D eigenvalue weighted by Crippen LogP contribution is -2.43. The summed E-state index contributed by atoms with van der Waals surface area (Å²) in [7, 11) is 0. The number of benzene rings is 1. The molecule has 6 heteroatoms. The predicted octanol–water partition coefficient (Wildman–Crippen LogP) is 2.02. The van der Waals surface area contributed by atoms with E-state index in [0.717, 1.165) is 25.7 Å². The molecule has 2 amide bonds. The van der Waals surface area contributed by atoms with Crippen LogP contribution in [0, 0.1) is 5.92 Å². The van der Waals surface area contributed by atoms with Gasteiger partial charge in [0.2, 0.25) is 11.8 Å². The summed E-state index contributed by atoms with van der Waals surface area (Å²) >= 11 is 0. The first-order valence-corrected chi connectivity index (χ1v) is 7.42. The number of anilines is 1. The largest absolute Gasteiger partial charge is 0.478 e. The van der Waals surface area contributed by atoms with Crippen molar-refractivity contribution in [3.05, 3.63) is 29.8 Å². The molecule has 0 radical (unpaired) electrons. The second-order valence-electron chi connectivity index (χ2n) is 5.58.